The smallest absolute Gasteiger partial charge is 0.272 e. The fourth-order valence-electron chi connectivity index (χ4n) is 2.82. The van der Waals surface area contributed by atoms with Crippen molar-refractivity contribution in [2.45, 2.75) is 19.3 Å². The first-order valence-electron chi connectivity index (χ1n) is 7.99. The van der Waals surface area contributed by atoms with Crippen molar-refractivity contribution in [2.24, 2.45) is 4.99 Å². The van der Waals surface area contributed by atoms with Gasteiger partial charge in [-0.05, 0) is 23.5 Å². The molecule has 5 nitrogen and oxygen atoms in total. The molecule has 1 amide bonds. The second-order valence-electron chi connectivity index (χ2n) is 5.86. The summed E-state index contributed by atoms with van der Waals surface area (Å²) in [6, 6.07) is 1.79. The van der Waals surface area contributed by atoms with Gasteiger partial charge in [0.15, 0.2) is 0 Å². The SMILES string of the molecule is O=C1CC=C(C2=C(NC(=O)c3cc4scc(Cl)c4[nH]3)C=NC=CS2)CC1. The van der Waals surface area contributed by atoms with Gasteiger partial charge in [0.25, 0.3) is 5.91 Å². The summed E-state index contributed by atoms with van der Waals surface area (Å²) >= 11 is 9.10. The molecule has 0 aromatic carbocycles. The molecule has 26 heavy (non-hydrogen) atoms. The van der Waals surface area contributed by atoms with Crippen LogP contribution in [0.15, 0.2) is 50.3 Å². The fraction of sp³-hybridized carbons (Fsp3) is 0.167. The Morgan fingerprint density at radius 1 is 1.35 bits per heavy atom. The maximum atomic E-state index is 12.7. The predicted molar refractivity (Wildman–Crippen MR) is 108 cm³/mol. The zero-order valence-corrected chi connectivity index (χ0v) is 15.9. The number of halogens is 1. The van der Waals surface area contributed by atoms with Crippen LogP contribution >= 0.6 is 34.7 Å². The number of hydrogen-bond acceptors (Lipinski definition) is 5. The summed E-state index contributed by atoms with van der Waals surface area (Å²) in [5, 5.41) is 7.25. The van der Waals surface area contributed by atoms with Crippen LogP contribution in [0.3, 0.4) is 0 Å². The minimum absolute atomic E-state index is 0.242. The van der Waals surface area contributed by atoms with Gasteiger partial charge in [-0.3, -0.25) is 14.6 Å². The molecule has 0 radical (unpaired) electrons. The normalized spacial score (nSPS) is 17.6. The van der Waals surface area contributed by atoms with Crippen molar-refractivity contribution in [3.05, 3.63) is 56.0 Å². The van der Waals surface area contributed by atoms with Crippen molar-refractivity contribution in [1.29, 1.82) is 0 Å². The highest BCUT2D eigenvalue weighted by molar-refractivity contribution is 8.06. The number of ketones is 1. The number of rotatable bonds is 3. The maximum Gasteiger partial charge on any atom is 0.272 e. The van der Waals surface area contributed by atoms with Gasteiger partial charge in [0.1, 0.15) is 11.5 Å². The van der Waals surface area contributed by atoms with E-state index in [-0.39, 0.29) is 11.7 Å². The van der Waals surface area contributed by atoms with Gasteiger partial charge in [-0.25, -0.2) is 0 Å². The number of thioether (sulfide) groups is 1. The molecule has 2 aromatic rings. The summed E-state index contributed by atoms with van der Waals surface area (Å²) in [6.45, 7) is 0. The van der Waals surface area contributed by atoms with Crippen LogP contribution in [-0.2, 0) is 4.79 Å². The summed E-state index contributed by atoms with van der Waals surface area (Å²) in [6.07, 6.45) is 6.91. The Hall–Kier alpha value is -2.09. The Morgan fingerprint density at radius 3 is 3.00 bits per heavy atom. The molecule has 0 unspecified atom stereocenters. The highest BCUT2D eigenvalue weighted by Crippen LogP contribution is 2.34. The predicted octanol–water partition coefficient (Wildman–Crippen LogP) is 4.79. The van der Waals surface area contributed by atoms with Crippen molar-refractivity contribution < 1.29 is 9.59 Å². The number of H-pyrrole nitrogens is 1. The second kappa shape index (κ2) is 7.26. The van der Waals surface area contributed by atoms with Crippen LogP contribution in [0.4, 0.5) is 0 Å². The van der Waals surface area contributed by atoms with Crippen LogP contribution in [0.1, 0.15) is 29.8 Å². The van der Waals surface area contributed by atoms with E-state index in [1.165, 1.54) is 23.1 Å². The molecule has 2 aliphatic rings. The lowest BCUT2D eigenvalue weighted by molar-refractivity contribution is -0.118. The molecule has 8 heteroatoms. The number of carbonyl (C=O) groups excluding carboxylic acids is 2. The number of nitrogens with one attached hydrogen (secondary N) is 2. The van der Waals surface area contributed by atoms with Gasteiger partial charge in [-0.2, -0.15) is 0 Å². The number of aliphatic imine (C=N–C) groups is 1. The van der Waals surface area contributed by atoms with Crippen molar-refractivity contribution in [1.82, 2.24) is 10.3 Å². The van der Waals surface area contributed by atoms with Crippen LogP contribution in [-0.4, -0.2) is 22.9 Å². The first-order valence-corrected chi connectivity index (χ1v) is 10.1. The highest BCUT2D eigenvalue weighted by atomic mass is 35.5. The molecule has 0 saturated heterocycles. The number of thiophene rings is 1. The molecule has 4 rings (SSSR count). The van der Waals surface area contributed by atoms with E-state index < -0.39 is 0 Å². The molecule has 0 bridgehead atoms. The number of fused-ring (bicyclic) bond motifs is 1. The molecule has 0 spiro atoms. The first-order chi connectivity index (χ1) is 12.6. The largest absolute Gasteiger partial charge is 0.349 e. The third kappa shape index (κ3) is 3.42. The minimum atomic E-state index is -0.251. The molecule has 1 aliphatic carbocycles. The summed E-state index contributed by atoms with van der Waals surface area (Å²) in [7, 11) is 0. The van der Waals surface area contributed by atoms with E-state index in [0.717, 1.165) is 20.7 Å². The van der Waals surface area contributed by atoms with E-state index in [2.05, 4.69) is 15.3 Å². The number of nitrogens with zero attached hydrogens (tertiary/aromatic N) is 1. The number of carbonyl (C=O) groups is 2. The average molecular weight is 404 g/mol. The number of aromatic nitrogens is 1. The molecule has 2 N–H and O–H groups in total. The summed E-state index contributed by atoms with van der Waals surface area (Å²) < 4.78 is 0.938. The van der Waals surface area contributed by atoms with E-state index in [0.29, 0.717) is 35.7 Å². The van der Waals surface area contributed by atoms with Gasteiger partial charge in [0.2, 0.25) is 0 Å². The van der Waals surface area contributed by atoms with Gasteiger partial charge >= 0.3 is 0 Å². The number of amides is 1. The fourth-order valence-corrected chi connectivity index (χ4v) is 4.81. The Kier molecular flexibility index (Phi) is 4.84. The lowest BCUT2D eigenvalue weighted by Crippen LogP contribution is -2.25. The molecule has 3 heterocycles. The molecular formula is C18H14ClN3O2S2. The van der Waals surface area contributed by atoms with E-state index >= 15 is 0 Å². The number of aromatic amines is 1. The summed E-state index contributed by atoms with van der Waals surface area (Å²) in [4.78, 5) is 32.4. The Morgan fingerprint density at radius 2 is 2.23 bits per heavy atom. The summed E-state index contributed by atoms with van der Waals surface area (Å²) in [5.74, 6) is -0.00972. The minimum Gasteiger partial charge on any atom is -0.349 e. The topological polar surface area (TPSA) is 74.3 Å². The van der Waals surface area contributed by atoms with Crippen LogP contribution in [0, 0.1) is 0 Å². The van der Waals surface area contributed by atoms with E-state index in [9.17, 15) is 9.59 Å². The third-order valence-corrected chi connectivity index (χ3v) is 6.46. The number of allylic oxidation sites excluding steroid dienone is 3. The van der Waals surface area contributed by atoms with Crippen LogP contribution < -0.4 is 5.32 Å². The molecule has 0 atom stereocenters. The van der Waals surface area contributed by atoms with Crippen molar-refractivity contribution in [3.63, 3.8) is 0 Å². The average Bonchev–Trinajstić information content (AvgIpc) is 3.12. The number of hydrogen-bond donors (Lipinski definition) is 2. The van der Waals surface area contributed by atoms with Crippen molar-refractivity contribution in [3.8, 4) is 0 Å². The van der Waals surface area contributed by atoms with Gasteiger partial charge < -0.3 is 10.3 Å². The quantitative estimate of drug-likeness (QED) is 0.773. The number of Topliss-reactive ketones (excluding diaryl/α,β-unsaturated/α-hetero) is 1. The third-order valence-electron chi connectivity index (χ3n) is 4.12. The van der Waals surface area contributed by atoms with E-state index in [1.54, 1.807) is 18.5 Å². The standard InChI is InChI=1S/C18H14ClN3O2S2/c19-12-9-26-15-7-13(21-16(12)15)18(24)22-14-8-20-5-6-25-17(14)10-1-3-11(23)4-2-10/h1,5-9,21H,2-4H2,(H,22,24). The zero-order valence-electron chi connectivity index (χ0n) is 13.5. The van der Waals surface area contributed by atoms with E-state index in [4.69, 9.17) is 11.6 Å². The van der Waals surface area contributed by atoms with Gasteiger partial charge in [0, 0.05) is 29.3 Å². The van der Waals surface area contributed by atoms with Crippen LogP contribution in [0.5, 0.6) is 0 Å². The molecule has 0 fully saturated rings. The monoisotopic (exact) mass is 403 g/mol. The van der Waals surface area contributed by atoms with Crippen molar-refractivity contribution in [2.75, 3.05) is 0 Å². The second-order valence-corrected chi connectivity index (χ2v) is 8.09. The Balaban J connectivity index is 1.64. The van der Waals surface area contributed by atoms with E-state index in [1.807, 2.05) is 16.9 Å². The van der Waals surface area contributed by atoms with Crippen LogP contribution in [0.25, 0.3) is 10.2 Å². The van der Waals surface area contributed by atoms with Crippen molar-refractivity contribution >= 4 is 62.8 Å². The highest BCUT2D eigenvalue weighted by Gasteiger charge is 2.20. The lowest BCUT2D eigenvalue weighted by Gasteiger charge is -2.17. The molecule has 2 aromatic heterocycles. The van der Waals surface area contributed by atoms with Crippen LogP contribution in [0.2, 0.25) is 5.02 Å². The van der Waals surface area contributed by atoms with Gasteiger partial charge in [-0.1, -0.05) is 29.4 Å². The Bertz CT molecular complexity index is 1030. The van der Waals surface area contributed by atoms with Gasteiger partial charge in [0.05, 0.1) is 27.2 Å². The maximum absolute atomic E-state index is 12.7. The molecule has 132 valence electrons. The zero-order chi connectivity index (χ0) is 18.1. The molecule has 0 saturated carbocycles. The lowest BCUT2D eigenvalue weighted by atomic mass is 9.97. The Labute approximate surface area is 162 Å². The first kappa shape index (κ1) is 17.3. The summed E-state index contributed by atoms with van der Waals surface area (Å²) in [5.41, 5.74) is 2.92. The molecular weight excluding hydrogens is 390 g/mol. The molecule has 1 aliphatic heterocycles. The van der Waals surface area contributed by atoms with Gasteiger partial charge in [-0.15, -0.1) is 11.3 Å².